The first-order valence-electron chi connectivity index (χ1n) is 6.90. The zero-order chi connectivity index (χ0) is 28.6. The molecule has 0 aromatic heterocycles. The van der Waals surface area contributed by atoms with E-state index >= 15 is 0 Å². The van der Waals surface area contributed by atoms with Crippen molar-refractivity contribution in [3.63, 3.8) is 0 Å². The predicted octanol–water partition coefficient (Wildman–Crippen LogP) is 6.73. The lowest BCUT2D eigenvalue weighted by atomic mass is 9.83. The molecule has 5 N–H and O–H groups in total. The summed E-state index contributed by atoms with van der Waals surface area (Å²) in [4.78, 5) is 9.84. The highest BCUT2D eigenvalue weighted by Gasteiger charge is 2.99. The maximum atomic E-state index is 13.3. The third kappa shape index (κ3) is 3.97. The van der Waals surface area contributed by atoms with Crippen molar-refractivity contribution in [2.24, 2.45) is 0 Å². The number of carboxylic acid groups (broad SMARTS) is 1. The number of carboxylic acids is 1. The second-order valence-corrected chi connectivity index (χ2v) is 5.98. The van der Waals surface area contributed by atoms with Crippen LogP contribution in [-0.4, -0.2) is 70.6 Å². The van der Waals surface area contributed by atoms with Gasteiger partial charge in [-0.3, -0.25) is 0 Å². The molecule has 0 unspecified atom stereocenters. The fourth-order valence-electron chi connectivity index (χ4n) is 1.85. The number of aliphatic carboxylic acids is 1. The first-order valence-corrected chi connectivity index (χ1v) is 6.90. The molecule has 0 heterocycles. The predicted molar refractivity (Wildman–Crippen MR) is 64.2 cm³/mol. The van der Waals surface area contributed by atoms with Gasteiger partial charge in [-0.15, -0.1) is 0 Å². The Balaban J connectivity index is 0. The Morgan fingerprint density at radius 2 is 0.600 bits per heavy atom. The van der Waals surface area contributed by atoms with E-state index in [1.807, 2.05) is 0 Å². The largest absolute Gasteiger partial charge is 0.477 e. The van der Waals surface area contributed by atoms with Gasteiger partial charge < -0.3 is 11.3 Å². The Hall–Kier alpha value is -2.04. The maximum Gasteiger partial charge on any atom is 0.438 e. The minimum absolute atomic E-state index is 0. The van der Waals surface area contributed by atoms with Gasteiger partial charge in [0.25, 0.3) is 0 Å². The summed E-state index contributed by atoms with van der Waals surface area (Å²) in [5.41, 5.74) is -8.96. The lowest BCUT2D eigenvalue weighted by Gasteiger charge is -2.45. The molecule has 0 aliphatic carbocycles. The lowest BCUT2D eigenvalue weighted by molar-refractivity contribution is -0.476. The van der Waals surface area contributed by atoms with E-state index in [-0.39, 0.29) is 6.15 Å². The summed E-state index contributed by atoms with van der Waals surface area (Å²) in [5.74, 6) is -66.8. The van der Waals surface area contributed by atoms with E-state index in [9.17, 15) is 97.0 Å². The Bertz CT molecular complexity index is 778. The number of quaternary nitrogens is 1. The number of hydrogen-bond donors (Lipinski definition) is 2. The van der Waals surface area contributed by atoms with Gasteiger partial charge in [-0.05, 0) is 0 Å². The summed E-state index contributed by atoms with van der Waals surface area (Å²) in [6, 6.07) is 0. The molecule has 0 aliphatic heterocycles. The van der Waals surface area contributed by atoms with Crippen LogP contribution < -0.4 is 6.15 Å². The number of rotatable bonds is 8. The molecule has 0 aromatic rings. The fraction of sp³-hybridized carbons (Fsp3) is 0.909. The summed E-state index contributed by atoms with van der Waals surface area (Å²) in [6.07, 6.45) is -16.9. The monoisotopic (exact) mass is 582 g/mol. The number of alkyl halides is 21. The van der Waals surface area contributed by atoms with Gasteiger partial charge in [0.15, 0.2) is 0 Å². The van der Waals surface area contributed by atoms with Crippen LogP contribution in [-0.2, 0) is 4.79 Å². The van der Waals surface area contributed by atoms with Crippen molar-refractivity contribution in [3.05, 3.63) is 0 Å². The van der Waals surface area contributed by atoms with Crippen LogP contribution in [0.25, 0.3) is 0 Å². The van der Waals surface area contributed by atoms with Gasteiger partial charge >= 0.3 is 65.4 Å². The van der Waals surface area contributed by atoms with Crippen molar-refractivity contribution in [2.75, 3.05) is 0 Å². The molecule has 35 heavy (non-hydrogen) atoms. The third-order valence-electron chi connectivity index (χ3n) is 3.85. The van der Waals surface area contributed by atoms with Crippen LogP contribution in [0.2, 0.25) is 0 Å². The molecule has 0 spiro atoms. The summed E-state index contributed by atoms with van der Waals surface area (Å²) in [5, 5.41) is 7.62. The highest BCUT2D eigenvalue weighted by molar-refractivity contribution is 5.77. The molecular formula is C11H5F21NO2+. The van der Waals surface area contributed by atoms with Gasteiger partial charge in [-0.25, -0.2) is 9.18 Å². The average molecular weight is 582 g/mol. The molecular weight excluding hydrogens is 577 g/mol. The van der Waals surface area contributed by atoms with Gasteiger partial charge in [-0.2, -0.15) is 87.8 Å². The Labute approximate surface area is 175 Å². The Morgan fingerprint density at radius 3 is 0.800 bits per heavy atom. The minimum Gasteiger partial charge on any atom is -0.477 e. The van der Waals surface area contributed by atoms with E-state index in [4.69, 9.17) is 5.11 Å². The normalized spacial score (nSPS) is 16.1. The zero-order valence-electron chi connectivity index (χ0n) is 15.3. The molecule has 0 bridgehead atoms. The molecule has 0 radical (unpaired) electrons. The van der Waals surface area contributed by atoms with E-state index in [0.717, 1.165) is 0 Å². The summed E-state index contributed by atoms with van der Waals surface area (Å²) >= 11 is 0. The van der Waals surface area contributed by atoms with E-state index < -0.39 is 65.4 Å². The summed E-state index contributed by atoms with van der Waals surface area (Å²) in [7, 11) is 0. The van der Waals surface area contributed by atoms with Crippen molar-refractivity contribution in [1.82, 2.24) is 6.15 Å². The summed E-state index contributed by atoms with van der Waals surface area (Å²) < 4.78 is 270. The minimum atomic E-state index is -9.37. The molecule has 0 saturated heterocycles. The Morgan fingerprint density at radius 1 is 0.400 bits per heavy atom. The van der Waals surface area contributed by atoms with E-state index in [1.165, 1.54) is 0 Å². The Kier molecular flexibility index (Phi) is 8.27. The highest BCUT2D eigenvalue weighted by Crippen LogP contribution is 2.67. The molecule has 212 valence electrons. The fourth-order valence-corrected chi connectivity index (χ4v) is 1.85. The van der Waals surface area contributed by atoms with Gasteiger partial charge in [0, 0.05) is 0 Å². The lowest BCUT2D eigenvalue weighted by Crippen LogP contribution is -2.78. The average Bonchev–Trinajstić information content (AvgIpc) is 2.57. The van der Waals surface area contributed by atoms with E-state index in [1.54, 1.807) is 0 Å². The molecule has 0 amide bonds. The first-order chi connectivity index (χ1) is 14.2. The molecule has 0 fully saturated rings. The zero-order valence-corrected chi connectivity index (χ0v) is 15.3. The van der Waals surface area contributed by atoms with Crippen LogP contribution in [0.15, 0.2) is 0 Å². The van der Waals surface area contributed by atoms with Gasteiger partial charge in [0.2, 0.25) is 0 Å². The second-order valence-electron chi connectivity index (χ2n) is 5.98. The number of halogens is 21. The molecule has 0 aliphatic rings. The SMILES string of the molecule is O=C(O)C(F)(F)C(F)(F)C(F)(F)C(F)(F)C(F)(F)C(F)(F)C(F)(F)C(F)(C(F)(F)F)C(F)(F)F.[NH4+]. The molecule has 0 aromatic carbocycles. The quantitative estimate of drug-likeness (QED) is 0.312. The topological polar surface area (TPSA) is 73.8 Å². The van der Waals surface area contributed by atoms with Crippen LogP contribution in [0.3, 0.4) is 0 Å². The van der Waals surface area contributed by atoms with Crippen LogP contribution in [0.1, 0.15) is 0 Å². The van der Waals surface area contributed by atoms with Gasteiger partial charge in [0.05, 0.1) is 0 Å². The first kappa shape index (κ1) is 35.1. The molecule has 0 saturated carbocycles. The van der Waals surface area contributed by atoms with Crippen molar-refractivity contribution >= 4 is 5.97 Å². The van der Waals surface area contributed by atoms with E-state index in [0.29, 0.717) is 0 Å². The number of hydrogen-bond acceptors (Lipinski definition) is 1. The molecule has 0 rings (SSSR count). The van der Waals surface area contributed by atoms with Crippen LogP contribution in [0.5, 0.6) is 0 Å². The van der Waals surface area contributed by atoms with Crippen LogP contribution in [0, 0.1) is 0 Å². The standard InChI is InChI=1S/C11HF21O2.H3N/c12-2(13,1(33)34)4(15,16)6(19,20)8(23,24)9(25,26)7(21,22)5(17,18)3(14,10(27,28)29)11(30,31)32;/h(H,33,34);1H3/p+1. The smallest absolute Gasteiger partial charge is 0.438 e. The molecule has 24 heteroatoms. The second kappa shape index (κ2) is 8.24. The highest BCUT2D eigenvalue weighted by atomic mass is 19.4. The van der Waals surface area contributed by atoms with Crippen molar-refractivity contribution in [2.45, 2.75) is 59.5 Å². The summed E-state index contributed by atoms with van der Waals surface area (Å²) in [6.45, 7) is 0. The van der Waals surface area contributed by atoms with Crippen LogP contribution >= 0.6 is 0 Å². The van der Waals surface area contributed by atoms with E-state index in [2.05, 4.69) is 0 Å². The van der Waals surface area contributed by atoms with Gasteiger partial charge in [-0.1, -0.05) is 0 Å². The number of carbonyl (C=O) groups is 1. The van der Waals surface area contributed by atoms with Gasteiger partial charge in [0.1, 0.15) is 0 Å². The molecule has 3 nitrogen and oxygen atoms in total. The van der Waals surface area contributed by atoms with Crippen LogP contribution in [0.4, 0.5) is 92.2 Å². The molecule has 0 atom stereocenters. The van der Waals surface area contributed by atoms with Crippen molar-refractivity contribution < 1.29 is 102 Å². The van der Waals surface area contributed by atoms with Crippen molar-refractivity contribution in [3.8, 4) is 0 Å². The third-order valence-corrected chi connectivity index (χ3v) is 3.85. The maximum absolute atomic E-state index is 13.3. The van der Waals surface area contributed by atoms with Crippen molar-refractivity contribution in [1.29, 1.82) is 0 Å².